The standard InChI is InChI=1S/C12H8Cl2O3S/c13-6-1-2-9(14)8(5-6)10(15)11-7(12(16)17)3-4-18-11/h1-5,10,15H,(H,16,17). The van der Waals surface area contributed by atoms with Crippen molar-refractivity contribution in [1.82, 2.24) is 0 Å². The van der Waals surface area contributed by atoms with Gasteiger partial charge in [0.25, 0.3) is 0 Å². The van der Waals surface area contributed by atoms with E-state index in [-0.39, 0.29) is 5.56 Å². The Morgan fingerprint density at radius 2 is 2.00 bits per heavy atom. The molecule has 1 atom stereocenters. The Hall–Kier alpha value is -1.07. The third-order valence-corrected chi connectivity index (χ3v) is 3.98. The van der Waals surface area contributed by atoms with Crippen molar-refractivity contribution >= 4 is 40.5 Å². The minimum Gasteiger partial charge on any atom is -0.478 e. The van der Waals surface area contributed by atoms with Gasteiger partial charge in [-0.3, -0.25) is 0 Å². The normalized spacial score (nSPS) is 12.4. The molecule has 2 N–H and O–H groups in total. The number of benzene rings is 1. The summed E-state index contributed by atoms with van der Waals surface area (Å²) < 4.78 is 0. The van der Waals surface area contributed by atoms with Crippen molar-refractivity contribution < 1.29 is 15.0 Å². The second kappa shape index (κ2) is 5.28. The van der Waals surface area contributed by atoms with Crippen LogP contribution in [-0.2, 0) is 0 Å². The van der Waals surface area contributed by atoms with Gasteiger partial charge in [0, 0.05) is 15.6 Å². The van der Waals surface area contributed by atoms with Gasteiger partial charge in [-0.15, -0.1) is 11.3 Å². The van der Waals surface area contributed by atoms with E-state index in [9.17, 15) is 9.90 Å². The van der Waals surface area contributed by atoms with Crippen molar-refractivity contribution in [2.75, 3.05) is 0 Å². The van der Waals surface area contributed by atoms with E-state index in [1.165, 1.54) is 12.1 Å². The van der Waals surface area contributed by atoms with E-state index < -0.39 is 12.1 Å². The second-order valence-electron chi connectivity index (χ2n) is 3.57. The Bertz CT molecular complexity index is 595. The number of carboxylic acids is 1. The number of aromatic carboxylic acids is 1. The number of hydrogen-bond acceptors (Lipinski definition) is 3. The monoisotopic (exact) mass is 302 g/mol. The topological polar surface area (TPSA) is 57.5 Å². The molecule has 2 aromatic rings. The minimum absolute atomic E-state index is 0.0727. The lowest BCUT2D eigenvalue weighted by Crippen LogP contribution is -2.05. The highest BCUT2D eigenvalue weighted by Crippen LogP contribution is 2.34. The molecule has 0 saturated heterocycles. The summed E-state index contributed by atoms with van der Waals surface area (Å²) in [7, 11) is 0. The van der Waals surface area contributed by atoms with E-state index in [1.807, 2.05) is 0 Å². The number of aliphatic hydroxyl groups is 1. The van der Waals surface area contributed by atoms with E-state index in [4.69, 9.17) is 28.3 Å². The number of thiophene rings is 1. The molecule has 0 aliphatic carbocycles. The zero-order valence-corrected chi connectivity index (χ0v) is 11.3. The van der Waals surface area contributed by atoms with E-state index >= 15 is 0 Å². The van der Waals surface area contributed by atoms with Crippen molar-refractivity contribution in [3.63, 3.8) is 0 Å². The highest BCUT2D eigenvalue weighted by atomic mass is 35.5. The van der Waals surface area contributed by atoms with Crippen LogP contribution in [0.5, 0.6) is 0 Å². The minimum atomic E-state index is -1.10. The average Bonchev–Trinajstić information content (AvgIpc) is 2.80. The summed E-state index contributed by atoms with van der Waals surface area (Å²) in [6.07, 6.45) is -1.10. The molecule has 0 amide bonds. The van der Waals surface area contributed by atoms with Gasteiger partial charge in [0.05, 0.1) is 10.4 Å². The maximum Gasteiger partial charge on any atom is 0.336 e. The lowest BCUT2D eigenvalue weighted by Gasteiger charge is -2.12. The Morgan fingerprint density at radius 1 is 1.28 bits per heavy atom. The van der Waals surface area contributed by atoms with Crippen molar-refractivity contribution in [2.45, 2.75) is 6.10 Å². The summed E-state index contributed by atoms with van der Waals surface area (Å²) in [5.74, 6) is -1.08. The Labute approximate surface area is 117 Å². The van der Waals surface area contributed by atoms with Crippen LogP contribution >= 0.6 is 34.5 Å². The molecule has 0 saturated carbocycles. The van der Waals surface area contributed by atoms with Crippen molar-refractivity contribution in [3.8, 4) is 0 Å². The zero-order valence-electron chi connectivity index (χ0n) is 8.93. The fourth-order valence-electron chi connectivity index (χ4n) is 1.57. The van der Waals surface area contributed by atoms with Crippen LogP contribution in [0.15, 0.2) is 29.6 Å². The van der Waals surface area contributed by atoms with Gasteiger partial charge in [0.2, 0.25) is 0 Å². The number of rotatable bonds is 3. The number of halogens is 2. The summed E-state index contributed by atoms with van der Waals surface area (Å²) in [6.45, 7) is 0. The predicted octanol–water partition coefficient (Wildman–Crippen LogP) is 3.83. The van der Waals surface area contributed by atoms with Gasteiger partial charge < -0.3 is 10.2 Å². The second-order valence-corrected chi connectivity index (χ2v) is 5.36. The molecule has 1 aromatic carbocycles. The van der Waals surface area contributed by atoms with Crippen LogP contribution in [0.2, 0.25) is 10.0 Å². The van der Waals surface area contributed by atoms with Gasteiger partial charge in [0.15, 0.2) is 0 Å². The molecule has 0 spiro atoms. The molecule has 0 radical (unpaired) electrons. The lowest BCUT2D eigenvalue weighted by molar-refractivity contribution is 0.0692. The Morgan fingerprint density at radius 3 is 2.67 bits per heavy atom. The summed E-state index contributed by atoms with van der Waals surface area (Å²) in [4.78, 5) is 11.3. The first-order valence-electron chi connectivity index (χ1n) is 4.94. The van der Waals surface area contributed by atoms with Crippen LogP contribution in [-0.4, -0.2) is 16.2 Å². The molecule has 6 heteroatoms. The molecular formula is C12H8Cl2O3S. The summed E-state index contributed by atoms with van der Waals surface area (Å²) in [5, 5.41) is 21.6. The van der Waals surface area contributed by atoms with E-state index in [0.29, 0.717) is 20.5 Å². The Balaban J connectivity index is 2.47. The zero-order chi connectivity index (χ0) is 13.3. The SMILES string of the molecule is O=C(O)c1ccsc1C(O)c1cc(Cl)ccc1Cl. The molecule has 0 aliphatic heterocycles. The predicted molar refractivity (Wildman–Crippen MR) is 71.8 cm³/mol. The molecule has 1 heterocycles. The van der Waals surface area contributed by atoms with Gasteiger partial charge in [0.1, 0.15) is 6.10 Å². The largest absolute Gasteiger partial charge is 0.478 e. The summed E-state index contributed by atoms with van der Waals surface area (Å²) in [5.41, 5.74) is 0.470. The third kappa shape index (κ3) is 2.52. The van der Waals surface area contributed by atoms with Crippen LogP contribution in [0, 0.1) is 0 Å². The fourth-order valence-corrected chi connectivity index (χ4v) is 2.87. The number of hydrogen-bond donors (Lipinski definition) is 2. The highest BCUT2D eigenvalue weighted by Gasteiger charge is 2.22. The first-order chi connectivity index (χ1) is 8.50. The van der Waals surface area contributed by atoms with Crippen LogP contribution in [0.25, 0.3) is 0 Å². The molecule has 1 unspecified atom stereocenters. The van der Waals surface area contributed by atoms with E-state index in [1.54, 1.807) is 17.5 Å². The van der Waals surface area contributed by atoms with E-state index in [2.05, 4.69) is 0 Å². The molecule has 0 aliphatic rings. The lowest BCUT2D eigenvalue weighted by atomic mass is 10.1. The molecule has 18 heavy (non-hydrogen) atoms. The molecule has 94 valence electrons. The molecule has 1 aromatic heterocycles. The van der Waals surface area contributed by atoms with Crippen LogP contribution in [0.1, 0.15) is 26.9 Å². The van der Waals surface area contributed by atoms with E-state index in [0.717, 1.165) is 11.3 Å². The Kier molecular flexibility index (Phi) is 3.92. The molecular weight excluding hydrogens is 295 g/mol. The number of carboxylic acid groups (broad SMARTS) is 1. The van der Waals surface area contributed by atoms with Crippen LogP contribution in [0.4, 0.5) is 0 Å². The average molecular weight is 303 g/mol. The fraction of sp³-hybridized carbons (Fsp3) is 0.0833. The smallest absolute Gasteiger partial charge is 0.336 e. The van der Waals surface area contributed by atoms with Gasteiger partial charge in [-0.2, -0.15) is 0 Å². The van der Waals surface area contributed by atoms with Crippen LogP contribution < -0.4 is 0 Å². The maximum absolute atomic E-state index is 11.0. The van der Waals surface area contributed by atoms with Crippen molar-refractivity contribution in [2.24, 2.45) is 0 Å². The number of carbonyl (C=O) groups is 1. The van der Waals surface area contributed by atoms with Crippen LogP contribution in [0.3, 0.4) is 0 Å². The van der Waals surface area contributed by atoms with Gasteiger partial charge in [-0.25, -0.2) is 4.79 Å². The summed E-state index contributed by atoms with van der Waals surface area (Å²) in [6, 6.07) is 6.15. The van der Waals surface area contributed by atoms with Gasteiger partial charge in [-0.05, 0) is 29.6 Å². The first kappa shape index (κ1) is 13.4. The number of aliphatic hydroxyl groups excluding tert-OH is 1. The third-order valence-electron chi connectivity index (χ3n) is 2.43. The first-order valence-corrected chi connectivity index (χ1v) is 6.58. The van der Waals surface area contributed by atoms with Crippen molar-refractivity contribution in [3.05, 3.63) is 55.7 Å². The van der Waals surface area contributed by atoms with Gasteiger partial charge >= 0.3 is 5.97 Å². The van der Waals surface area contributed by atoms with Gasteiger partial charge in [-0.1, -0.05) is 23.2 Å². The molecule has 0 fully saturated rings. The molecule has 3 nitrogen and oxygen atoms in total. The highest BCUT2D eigenvalue weighted by molar-refractivity contribution is 7.10. The summed E-state index contributed by atoms with van der Waals surface area (Å²) >= 11 is 13.0. The van der Waals surface area contributed by atoms with Crippen molar-refractivity contribution in [1.29, 1.82) is 0 Å². The molecule has 0 bridgehead atoms. The molecule has 2 rings (SSSR count). The maximum atomic E-state index is 11.0. The quantitative estimate of drug-likeness (QED) is 0.906.